The smallest absolute Gasteiger partial charge is 0.122 e. The molecule has 0 radical (unpaired) electrons. The van der Waals surface area contributed by atoms with Crippen molar-refractivity contribution in [3.8, 4) is 11.5 Å². The molecule has 0 aliphatic carbocycles. The summed E-state index contributed by atoms with van der Waals surface area (Å²) >= 11 is 0. The summed E-state index contributed by atoms with van der Waals surface area (Å²) in [5, 5.41) is 19.4. The van der Waals surface area contributed by atoms with Gasteiger partial charge in [-0.05, 0) is 63.1 Å². The van der Waals surface area contributed by atoms with Gasteiger partial charge in [-0.25, -0.2) is 0 Å². The summed E-state index contributed by atoms with van der Waals surface area (Å²) < 4.78 is 0. The lowest BCUT2D eigenvalue weighted by Crippen LogP contribution is -1.84. The zero-order valence-electron chi connectivity index (χ0n) is 15.0. The first-order valence-corrected chi connectivity index (χ1v) is 9.07. The van der Waals surface area contributed by atoms with E-state index >= 15 is 0 Å². The molecule has 0 amide bonds. The summed E-state index contributed by atoms with van der Waals surface area (Å²) in [7, 11) is 0. The zero-order valence-corrected chi connectivity index (χ0v) is 15.0. The highest BCUT2D eigenvalue weighted by molar-refractivity contribution is 5.45. The fraction of sp³-hybridized carbons (Fsp3) is 0.455. The van der Waals surface area contributed by atoms with Crippen LogP contribution < -0.4 is 0 Å². The van der Waals surface area contributed by atoms with Crippen LogP contribution in [0.25, 0.3) is 0 Å². The molecule has 0 aliphatic heterocycles. The number of benzene rings is 1. The van der Waals surface area contributed by atoms with Crippen LogP contribution in [0.3, 0.4) is 0 Å². The normalized spacial score (nSPS) is 11.5. The topological polar surface area (TPSA) is 40.5 Å². The number of unbranched alkanes of at least 4 members (excludes halogenated alkanes) is 6. The van der Waals surface area contributed by atoms with Gasteiger partial charge < -0.3 is 10.2 Å². The third-order valence-corrected chi connectivity index (χ3v) is 4.15. The largest absolute Gasteiger partial charge is 0.508 e. The summed E-state index contributed by atoms with van der Waals surface area (Å²) in [5.74, 6) is 0.311. The number of aromatic hydroxyl groups is 2. The van der Waals surface area contributed by atoms with E-state index in [4.69, 9.17) is 0 Å². The molecule has 24 heavy (non-hydrogen) atoms. The van der Waals surface area contributed by atoms with Crippen LogP contribution in [-0.4, -0.2) is 10.2 Å². The molecule has 0 heterocycles. The lowest BCUT2D eigenvalue weighted by atomic mass is 10.1. The van der Waals surface area contributed by atoms with Gasteiger partial charge in [0, 0.05) is 5.56 Å². The lowest BCUT2D eigenvalue weighted by Gasteiger charge is -2.04. The highest BCUT2D eigenvalue weighted by Gasteiger charge is 2.03. The summed E-state index contributed by atoms with van der Waals surface area (Å²) in [6.45, 7) is 5.45. The van der Waals surface area contributed by atoms with Crippen molar-refractivity contribution in [1.82, 2.24) is 0 Å². The van der Waals surface area contributed by atoms with Crippen LogP contribution >= 0.6 is 0 Å². The number of rotatable bonds is 12. The molecule has 0 bridgehead atoms. The Balaban J connectivity index is 2.10. The minimum Gasteiger partial charge on any atom is -0.508 e. The Hall–Kier alpha value is -1.96. The highest BCUT2D eigenvalue weighted by Crippen LogP contribution is 2.27. The van der Waals surface area contributed by atoms with Crippen molar-refractivity contribution >= 4 is 0 Å². The van der Waals surface area contributed by atoms with E-state index in [0.717, 1.165) is 31.2 Å². The summed E-state index contributed by atoms with van der Waals surface area (Å²) in [5.41, 5.74) is 1.46. The first-order valence-electron chi connectivity index (χ1n) is 9.07. The second-order valence-electron chi connectivity index (χ2n) is 6.28. The van der Waals surface area contributed by atoms with Crippen LogP contribution in [0.5, 0.6) is 11.5 Å². The van der Waals surface area contributed by atoms with Gasteiger partial charge in [-0.1, -0.05) is 49.6 Å². The van der Waals surface area contributed by atoms with Gasteiger partial charge in [0.1, 0.15) is 11.5 Å². The molecule has 2 nitrogen and oxygen atoms in total. The third kappa shape index (κ3) is 8.61. The number of phenols is 2. The van der Waals surface area contributed by atoms with Gasteiger partial charge in [-0.2, -0.15) is 0 Å². The molecule has 132 valence electrons. The van der Waals surface area contributed by atoms with Gasteiger partial charge in [-0.15, -0.1) is 6.58 Å². The van der Waals surface area contributed by atoms with Crippen LogP contribution in [-0.2, 0) is 6.42 Å². The first kappa shape index (κ1) is 20.1. The van der Waals surface area contributed by atoms with E-state index in [1.165, 1.54) is 32.1 Å². The van der Waals surface area contributed by atoms with Crippen molar-refractivity contribution in [3.05, 3.63) is 60.2 Å². The van der Waals surface area contributed by atoms with Crippen molar-refractivity contribution in [1.29, 1.82) is 0 Å². The number of allylic oxidation sites excluding steroid dienone is 5. The number of phenolic OH excluding ortho intramolecular Hbond substituents is 2. The molecule has 1 aromatic rings. The summed E-state index contributed by atoms with van der Waals surface area (Å²) in [6.07, 6.45) is 21.2. The second kappa shape index (κ2) is 12.5. The molecule has 1 aromatic carbocycles. The van der Waals surface area contributed by atoms with E-state index < -0.39 is 0 Å². The third-order valence-electron chi connectivity index (χ3n) is 4.15. The second-order valence-corrected chi connectivity index (χ2v) is 6.28. The lowest BCUT2D eigenvalue weighted by molar-refractivity contribution is 0.442. The zero-order chi connectivity index (χ0) is 17.6. The van der Waals surface area contributed by atoms with Gasteiger partial charge >= 0.3 is 0 Å². The SMILES string of the molecule is C=CCCCCCCCC=CCC=CCc1cc(O)c(C)c(O)c1. The molecule has 1 rings (SSSR count). The van der Waals surface area contributed by atoms with Gasteiger partial charge in [0.25, 0.3) is 0 Å². The Morgan fingerprint density at radius 3 is 2.08 bits per heavy atom. The molecule has 2 N–H and O–H groups in total. The van der Waals surface area contributed by atoms with Crippen LogP contribution in [0.2, 0.25) is 0 Å². The maximum absolute atomic E-state index is 9.69. The Labute approximate surface area is 147 Å². The maximum Gasteiger partial charge on any atom is 0.122 e. The van der Waals surface area contributed by atoms with Gasteiger partial charge in [0.05, 0.1) is 0 Å². The maximum atomic E-state index is 9.69. The molecule has 0 atom stereocenters. The molecule has 0 spiro atoms. The van der Waals surface area contributed by atoms with Gasteiger partial charge in [-0.3, -0.25) is 0 Å². The molecule has 0 unspecified atom stereocenters. The molecule has 0 fully saturated rings. The predicted octanol–water partition coefficient (Wildman–Crippen LogP) is 6.37. The summed E-state index contributed by atoms with van der Waals surface area (Å²) in [4.78, 5) is 0. The molecule has 0 saturated carbocycles. The van der Waals surface area contributed by atoms with Crippen molar-refractivity contribution in [2.24, 2.45) is 0 Å². The van der Waals surface area contributed by atoms with Crippen LogP contribution in [0.15, 0.2) is 49.1 Å². The standard InChI is InChI=1S/C22H32O2/c1-3-4-5-6-7-8-9-10-11-12-13-14-15-16-20-17-21(23)19(2)22(24)18-20/h3,11-12,14-15,17-18,23-24H,1,4-10,13,16H2,2H3. The fourth-order valence-electron chi connectivity index (χ4n) is 2.55. The van der Waals surface area contributed by atoms with E-state index in [9.17, 15) is 10.2 Å². The van der Waals surface area contributed by atoms with Crippen LogP contribution in [0, 0.1) is 6.92 Å². The van der Waals surface area contributed by atoms with E-state index in [2.05, 4.69) is 30.9 Å². The first-order chi connectivity index (χ1) is 11.6. The van der Waals surface area contributed by atoms with Crippen LogP contribution in [0.1, 0.15) is 62.5 Å². The van der Waals surface area contributed by atoms with Crippen LogP contribution in [0.4, 0.5) is 0 Å². The average Bonchev–Trinajstić information content (AvgIpc) is 2.56. The van der Waals surface area contributed by atoms with Gasteiger partial charge in [0.15, 0.2) is 0 Å². The molecular formula is C22H32O2. The van der Waals surface area contributed by atoms with Crippen molar-refractivity contribution in [2.45, 2.75) is 64.7 Å². The van der Waals surface area contributed by atoms with Crippen molar-refractivity contribution in [3.63, 3.8) is 0 Å². The Bertz CT molecular complexity index is 518. The van der Waals surface area contributed by atoms with E-state index in [0.29, 0.717) is 5.56 Å². The van der Waals surface area contributed by atoms with E-state index in [-0.39, 0.29) is 11.5 Å². The molecule has 0 aromatic heterocycles. The Morgan fingerprint density at radius 1 is 0.833 bits per heavy atom. The minimum absolute atomic E-state index is 0.155. The summed E-state index contributed by atoms with van der Waals surface area (Å²) in [6, 6.07) is 3.43. The van der Waals surface area contributed by atoms with E-state index in [1.54, 1.807) is 19.1 Å². The monoisotopic (exact) mass is 328 g/mol. The molecule has 2 heteroatoms. The Kier molecular flexibility index (Phi) is 10.4. The average molecular weight is 328 g/mol. The predicted molar refractivity (Wildman–Crippen MR) is 104 cm³/mol. The molecule has 0 aliphatic rings. The minimum atomic E-state index is 0.155. The van der Waals surface area contributed by atoms with Gasteiger partial charge in [0.2, 0.25) is 0 Å². The molecule has 0 saturated heterocycles. The number of hydrogen-bond acceptors (Lipinski definition) is 2. The van der Waals surface area contributed by atoms with Crippen molar-refractivity contribution < 1.29 is 10.2 Å². The number of hydrogen-bond donors (Lipinski definition) is 2. The Morgan fingerprint density at radius 2 is 1.42 bits per heavy atom. The van der Waals surface area contributed by atoms with Crippen molar-refractivity contribution in [2.75, 3.05) is 0 Å². The quantitative estimate of drug-likeness (QED) is 0.346. The fourth-order valence-corrected chi connectivity index (χ4v) is 2.55. The highest BCUT2D eigenvalue weighted by atomic mass is 16.3. The van der Waals surface area contributed by atoms with E-state index in [1.807, 2.05) is 6.08 Å². The molecular weight excluding hydrogens is 296 g/mol.